The number of rotatable bonds is 3. The van der Waals surface area contributed by atoms with Crippen LogP contribution in [0.4, 0.5) is 10.1 Å². The summed E-state index contributed by atoms with van der Waals surface area (Å²) in [6.45, 7) is 5.40. The van der Waals surface area contributed by atoms with Crippen molar-refractivity contribution >= 4 is 5.69 Å². The van der Waals surface area contributed by atoms with Crippen LogP contribution in [0.3, 0.4) is 0 Å². The predicted octanol–water partition coefficient (Wildman–Crippen LogP) is 3.87. The fourth-order valence-electron chi connectivity index (χ4n) is 4.16. The van der Waals surface area contributed by atoms with Gasteiger partial charge in [-0.05, 0) is 51.7 Å². The molecule has 3 nitrogen and oxygen atoms in total. The average molecular weight is 318 g/mol. The first-order valence-electron chi connectivity index (χ1n) is 9.02. The topological polar surface area (TPSA) is 24.5 Å². The molecule has 0 aromatic heterocycles. The van der Waals surface area contributed by atoms with Crippen LogP contribution in [0.2, 0.25) is 0 Å². The summed E-state index contributed by atoms with van der Waals surface area (Å²) in [4.78, 5) is 2.42. The molecule has 2 atom stereocenters. The Labute approximate surface area is 138 Å². The summed E-state index contributed by atoms with van der Waals surface area (Å²) >= 11 is 0. The van der Waals surface area contributed by atoms with Gasteiger partial charge in [0.05, 0.1) is 6.10 Å². The van der Waals surface area contributed by atoms with Gasteiger partial charge in [0.1, 0.15) is 0 Å². The molecule has 2 aliphatic carbocycles. The van der Waals surface area contributed by atoms with Crippen molar-refractivity contribution in [2.45, 2.75) is 76.1 Å². The quantitative estimate of drug-likeness (QED) is 0.916. The predicted molar refractivity (Wildman–Crippen MR) is 90.7 cm³/mol. The summed E-state index contributed by atoms with van der Waals surface area (Å²) in [6, 6.07) is 6.51. The standard InChI is InChI=1S/C19H27FN2O/c1-19(2)12-22(17-6-4-3-5-16(17)21-19)13-7-10-18(15(20)11-13)23-14-8-9-14/h7,10-11,14,16-17,21H,3-6,8-9,12H2,1-2H3/t16-,17+/m0/s1. The van der Waals surface area contributed by atoms with Crippen molar-refractivity contribution in [3.63, 3.8) is 0 Å². The Bertz CT molecular complexity index is 585. The van der Waals surface area contributed by atoms with E-state index in [0.29, 0.717) is 17.8 Å². The number of fused-ring (bicyclic) bond motifs is 1. The number of nitrogens with zero attached hydrogens (tertiary/aromatic N) is 1. The second-order valence-corrected chi connectivity index (χ2v) is 8.05. The lowest BCUT2D eigenvalue weighted by atomic mass is 9.83. The highest BCUT2D eigenvalue weighted by Gasteiger charge is 2.40. The van der Waals surface area contributed by atoms with Crippen molar-refractivity contribution in [2.24, 2.45) is 0 Å². The van der Waals surface area contributed by atoms with Gasteiger partial charge in [-0.3, -0.25) is 0 Å². The van der Waals surface area contributed by atoms with E-state index < -0.39 is 0 Å². The molecule has 4 heteroatoms. The third kappa shape index (κ3) is 3.18. The zero-order valence-corrected chi connectivity index (χ0v) is 14.1. The van der Waals surface area contributed by atoms with E-state index in [1.165, 1.54) is 25.7 Å². The van der Waals surface area contributed by atoms with Gasteiger partial charge in [0, 0.05) is 35.9 Å². The van der Waals surface area contributed by atoms with Crippen LogP contribution in [-0.2, 0) is 0 Å². The second-order valence-electron chi connectivity index (χ2n) is 8.05. The lowest BCUT2D eigenvalue weighted by molar-refractivity contribution is 0.199. The molecule has 4 rings (SSSR count). The molecule has 0 spiro atoms. The zero-order valence-electron chi connectivity index (χ0n) is 14.1. The van der Waals surface area contributed by atoms with Crippen molar-refractivity contribution < 1.29 is 9.13 Å². The highest BCUT2D eigenvalue weighted by molar-refractivity contribution is 5.52. The number of nitrogens with one attached hydrogen (secondary N) is 1. The molecule has 0 amide bonds. The molecule has 23 heavy (non-hydrogen) atoms. The number of benzene rings is 1. The van der Waals surface area contributed by atoms with E-state index in [-0.39, 0.29) is 17.5 Å². The summed E-state index contributed by atoms with van der Waals surface area (Å²) < 4.78 is 20.1. The first-order valence-corrected chi connectivity index (χ1v) is 9.02. The molecule has 3 fully saturated rings. The molecule has 126 valence electrons. The van der Waals surface area contributed by atoms with Gasteiger partial charge in [-0.1, -0.05) is 12.8 Å². The summed E-state index contributed by atoms with van der Waals surface area (Å²) in [7, 11) is 0. The molecule has 0 radical (unpaired) electrons. The van der Waals surface area contributed by atoms with Crippen molar-refractivity contribution in [2.75, 3.05) is 11.4 Å². The maximum absolute atomic E-state index is 14.4. The van der Waals surface area contributed by atoms with Crippen molar-refractivity contribution in [1.29, 1.82) is 0 Å². The van der Waals surface area contributed by atoms with Gasteiger partial charge in [-0.15, -0.1) is 0 Å². The molecule has 1 N–H and O–H groups in total. The van der Waals surface area contributed by atoms with Crippen LogP contribution in [0.25, 0.3) is 0 Å². The summed E-state index contributed by atoms with van der Waals surface area (Å²) in [5.41, 5.74) is 1.05. The highest BCUT2D eigenvalue weighted by atomic mass is 19.1. The molecular formula is C19H27FN2O. The van der Waals surface area contributed by atoms with Crippen LogP contribution in [0, 0.1) is 5.82 Å². The minimum atomic E-state index is -0.224. The summed E-state index contributed by atoms with van der Waals surface area (Å²) in [5, 5.41) is 3.79. The lowest BCUT2D eigenvalue weighted by Crippen LogP contribution is -2.67. The molecule has 0 bridgehead atoms. The van der Waals surface area contributed by atoms with Gasteiger partial charge in [-0.25, -0.2) is 4.39 Å². The number of piperazine rings is 1. The maximum Gasteiger partial charge on any atom is 0.167 e. The Balaban J connectivity index is 1.60. The van der Waals surface area contributed by atoms with Crippen LogP contribution in [0.15, 0.2) is 18.2 Å². The van der Waals surface area contributed by atoms with Gasteiger partial charge in [0.15, 0.2) is 11.6 Å². The van der Waals surface area contributed by atoms with Gasteiger partial charge in [0.2, 0.25) is 0 Å². The van der Waals surface area contributed by atoms with E-state index in [4.69, 9.17) is 4.74 Å². The Kier molecular flexibility index (Phi) is 3.75. The van der Waals surface area contributed by atoms with E-state index >= 15 is 0 Å². The van der Waals surface area contributed by atoms with Crippen LogP contribution in [-0.4, -0.2) is 30.3 Å². The Hall–Kier alpha value is -1.29. The lowest BCUT2D eigenvalue weighted by Gasteiger charge is -2.52. The second kappa shape index (κ2) is 5.66. The van der Waals surface area contributed by atoms with Crippen molar-refractivity contribution in [1.82, 2.24) is 5.32 Å². The molecular weight excluding hydrogens is 291 g/mol. The Morgan fingerprint density at radius 1 is 1.17 bits per heavy atom. The number of halogens is 1. The third-order valence-corrected chi connectivity index (χ3v) is 5.34. The largest absolute Gasteiger partial charge is 0.487 e. The SMILES string of the molecule is CC1(C)CN(c2ccc(OC3CC3)c(F)c2)[C@@H]2CCCC[C@@H]2N1. The fraction of sp³-hybridized carbons (Fsp3) is 0.684. The number of hydrogen-bond donors (Lipinski definition) is 1. The minimum absolute atomic E-state index is 0.0537. The number of ether oxygens (including phenoxy) is 1. The number of hydrogen-bond acceptors (Lipinski definition) is 3. The Morgan fingerprint density at radius 2 is 1.96 bits per heavy atom. The van der Waals surface area contributed by atoms with Crippen LogP contribution in [0.1, 0.15) is 52.4 Å². The zero-order chi connectivity index (χ0) is 16.0. The Morgan fingerprint density at radius 3 is 2.70 bits per heavy atom. The highest BCUT2D eigenvalue weighted by Crippen LogP contribution is 2.36. The average Bonchev–Trinajstić information content (AvgIpc) is 3.31. The normalized spacial score (nSPS) is 30.0. The van der Waals surface area contributed by atoms with Crippen LogP contribution in [0.5, 0.6) is 5.75 Å². The number of anilines is 1. The van der Waals surface area contributed by atoms with E-state index in [1.54, 1.807) is 6.07 Å². The monoisotopic (exact) mass is 318 g/mol. The van der Waals surface area contributed by atoms with Gasteiger partial charge >= 0.3 is 0 Å². The molecule has 1 saturated heterocycles. The molecule has 0 unspecified atom stereocenters. The van der Waals surface area contributed by atoms with E-state index in [9.17, 15) is 4.39 Å². The van der Waals surface area contributed by atoms with E-state index in [0.717, 1.165) is 25.1 Å². The molecule has 1 aromatic rings. The van der Waals surface area contributed by atoms with Crippen LogP contribution < -0.4 is 15.0 Å². The molecule has 1 heterocycles. The van der Waals surface area contributed by atoms with Gasteiger partial charge in [-0.2, -0.15) is 0 Å². The van der Waals surface area contributed by atoms with Gasteiger partial charge < -0.3 is 15.0 Å². The van der Waals surface area contributed by atoms with Gasteiger partial charge in [0.25, 0.3) is 0 Å². The van der Waals surface area contributed by atoms with Crippen LogP contribution >= 0.6 is 0 Å². The summed E-state index contributed by atoms with van der Waals surface area (Å²) in [6.07, 6.45) is 7.31. The molecule has 1 aliphatic heterocycles. The molecule has 2 saturated carbocycles. The summed E-state index contributed by atoms with van der Waals surface area (Å²) in [5.74, 6) is 0.184. The first kappa shape index (κ1) is 15.3. The fourth-order valence-corrected chi connectivity index (χ4v) is 4.16. The van der Waals surface area contributed by atoms with E-state index in [1.807, 2.05) is 12.1 Å². The third-order valence-electron chi connectivity index (χ3n) is 5.34. The first-order chi connectivity index (χ1) is 11.0. The smallest absolute Gasteiger partial charge is 0.167 e. The van der Waals surface area contributed by atoms with E-state index in [2.05, 4.69) is 24.1 Å². The minimum Gasteiger partial charge on any atom is -0.487 e. The van der Waals surface area contributed by atoms with Crippen molar-refractivity contribution in [3.8, 4) is 5.75 Å². The van der Waals surface area contributed by atoms with Crippen molar-refractivity contribution in [3.05, 3.63) is 24.0 Å². The molecule has 3 aliphatic rings. The maximum atomic E-state index is 14.4. The molecule has 1 aromatic carbocycles.